The highest BCUT2D eigenvalue weighted by Gasteiger charge is 2.61. The van der Waals surface area contributed by atoms with Crippen LogP contribution in [0.15, 0.2) is 24.8 Å². The summed E-state index contributed by atoms with van der Waals surface area (Å²) in [7, 11) is -1.51. The number of alkyl carbamates (subject to hydrolysis) is 1. The Labute approximate surface area is 323 Å². The van der Waals surface area contributed by atoms with Crippen molar-refractivity contribution in [3.8, 4) is 17.4 Å². The molecule has 2 aromatic rings. The number of benzene rings is 1. The SMILES string of the molecule is C=CC1CC1(NC(=O)C1CC(Oc2nc(C(F)(F)F)nc3cc(OC)c(OC)cc23)CN1C(=O)C(NC(=O)OC(C)(C)C)C(C)(C)C)C(=O)NS(=O)(=O)C(C)C. The van der Waals surface area contributed by atoms with E-state index in [-0.39, 0.29) is 35.2 Å². The number of methoxy groups -OCH3 is 2. The number of amides is 4. The highest BCUT2D eigenvalue weighted by Crippen LogP contribution is 2.45. The molecule has 2 aliphatic rings. The smallest absolute Gasteiger partial charge is 0.451 e. The van der Waals surface area contributed by atoms with Gasteiger partial charge in [0.05, 0.1) is 36.9 Å². The van der Waals surface area contributed by atoms with Crippen molar-refractivity contribution in [1.29, 1.82) is 0 Å². The summed E-state index contributed by atoms with van der Waals surface area (Å²) in [5.74, 6) is -5.23. The average Bonchev–Trinajstić information content (AvgIpc) is 3.63. The van der Waals surface area contributed by atoms with Crippen molar-refractivity contribution in [1.82, 2.24) is 30.2 Å². The summed E-state index contributed by atoms with van der Waals surface area (Å²) in [6.07, 6.45) is -6.08. The molecule has 5 unspecified atom stereocenters. The van der Waals surface area contributed by atoms with Crippen LogP contribution in [0.5, 0.6) is 17.4 Å². The van der Waals surface area contributed by atoms with Crippen molar-refractivity contribution >= 4 is 44.7 Å². The van der Waals surface area contributed by atoms with Crippen LogP contribution in [0.3, 0.4) is 0 Å². The molecule has 3 N–H and O–H groups in total. The van der Waals surface area contributed by atoms with E-state index >= 15 is 0 Å². The number of sulfonamides is 1. The Hall–Kier alpha value is -4.88. The zero-order valence-electron chi connectivity index (χ0n) is 32.9. The minimum absolute atomic E-state index is 0.00520. The van der Waals surface area contributed by atoms with E-state index in [0.29, 0.717) is 0 Å². The van der Waals surface area contributed by atoms with E-state index in [1.807, 2.05) is 4.72 Å². The minimum Gasteiger partial charge on any atom is -0.493 e. The van der Waals surface area contributed by atoms with E-state index in [1.165, 1.54) is 46.3 Å². The Balaban J connectivity index is 1.78. The highest BCUT2D eigenvalue weighted by atomic mass is 32.2. The molecule has 0 bridgehead atoms. The van der Waals surface area contributed by atoms with Crippen molar-refractivity contribution in [2.45, 2.75) is 109 Å². The van der Waals surface area contributed by atoms with Crippen LogP contribution in [0.2, 0.25) is 0 Å². The Morgan fingerprint density at radius 3 is 2.12 bits per heavy atom. The maximum absolute atomic E-state index is 14.5. The number of aromatic nitrogens is 2. The molecule has 310 valence electrons. The fraction of sp³-hybridized carbons (Fsp3) is 0.611. The van der Waals surface area contributed by atoms with Gasteiger partial charge in [0, 0.05) is 18.4 Å². The van der Waals surface area contributed by atoms with E-state index in [0.717, 1.165) is 4.90 Å². The van der Waals surface area contributed by atoms with Gasteiger partial charge < -0.3 is 34.5 Å². The molecule has 1 saturated heterocycles. The molecule has 20 heteroatoms. The molecule has 2 fully saturated rings. The number of carbonyl (C=O) groups excluding carboxylic acids is 4. The van der Waals surface area contributed by atoms with Crippen molar-refractivity contribution in [3.63, 3.8) is 0 Å². The summed E-state index contributed by atoms with van der Waals surface area (Å²) >= 11 is 0. The van der Waals surface area contributed by atoms with Gasteiger partial charge in [0.25, 0.3) is 5.91 Å². The van der Waals surface area contributed by atoms with Gasteiger partial charge in [-0.25, -0.2) is 18.2 Å². The van der Waals surface area contributed by atoms with Crippen LogP contribution in [-0.2, 0) is 35.3 Å². The summed E-state index contributed by atoms with van der Waals surface area (Å²) in [5, 5.41) is 4.21. The number of carbonyl (C=O) groups is 4. The summed E-state index contributed by atoms with van der Waals surface area (Å²) in [4.78, 5) is 63.6. The molecular weight excluding hydrogens is 765 g/mol. The lowest BCUT2D eigenvalue weighted by molar-refractivity contribution is -0.145. The maximum Gasteiger partial charge on any atom is 0.451 e. The fourth-order valence-electron chi connectivity index (χ4n) is 6.09. The molecule has 16 nitrogen and oxygen atoms in total. The van der Waals surface area contributed by atoms with Crippen LogP contribution in [-0.4, -0.2) is 102 Å². The third-order valence-electron chi connectivity index (χ3n) is 9.23. The first-order valence-corrected chi connectivity index (χ1v) is 19.2. The molecule has 1 aromatic heterocycles. The molecule has 1 saturated carbocycles. The standard InChI is InChI=1S/C36H49F3N6O10S/c1-12-19-16-35(19,31(48)44-56(50,51)18(2)3)43-27(46)23-13-20(17-45(23)29(47)26(33(4,5)6)41-32(49)55-34(7,8)9)54-28-21-14-24(52-10)25(53-11)15-22(21)40-30(42-28)36(37,38)39/h12,14-15,18-20,23,26H,1,13,16-17H2,2-11H3,(H,41,49)(H,43,46)(H,44,48). The highest BCUT2D eigenvalue weighted by molar-refractivity contribution is 7.90. The van der Waals surface area contributed by atoms with Crippen molar-refractivity contribution in [3.05, 3.63) is 30.6 Å². The largest absolute Gasteiger partial charge is 0.493 e. The molecule has 56 heavy (non-hydrogen) atoms. The summed E-state index contributed by atoms with van der Waals surface area (Å²) in [6, 6.07) is -0.220. The summed E-state index contributed by atoms with van der Waals surface area (Å²) in [6.45, 7) is 15.9. The van der Waals surface area contributed by atoms with E-state index in [4.69, 9.17) is 18.9 Å². The van der Waals surface area contributed by atoms with Gasteiger partial charge in [-0.15, -0.1) is 6.58 Å². The molecule has 5 atom stereocenters. The average molecular weight is 815 g/mol. The quantitative estimate of drug-likeness (QED) is 0.262. The molecule has 0 radical (unpaired) electrons. The number of fused-ring (bicyclic) bond motifs is 1. The Bertz CT molecular complexity index is 2000. The molecule has 1 aliphatic heterocycles. The number of hydrogen-bond acceptors (Lipinski definition) is 12. The molecule has 1 aliphatic carbocycles. The normalized spacial score (nSPS) is 21.9. The van der Waals surface area contributed by atoms with Gasteiger partial charge in [0.15, 0.2) is 11.5 Å². The van der Waals surface area contributed by atoms with Crippen LogP contribution in [0, 0.1) is 11.3 Å². The van der Waals surface area contributed by atoms with E-state index in [2.05, 4.69) is 27.2 Å². The molecule has 1 aromatic carbocycles. The van der Waals surface area contributed by atoms with Gasteiger partial charge in [0.1, 0.15) is 29.3 Å². The maximum atomic E-state index is 14.5. The molecule has 0 spiro atoms. The van der Waals surface area contributed by atoms with E-state index < -0.39 is 104 Å². The van der Waals surface area contributed by atoms with Crippen LogP contribution in [0.4, 0.5) is 18.0 Å². The lowest BCUT2D eigenvalue weighted by atomic mass is 9.85. The first-order chi connectivity index (χ1) is 25.7. The number of nitrogens with one attached hydrogen (secondary N) is 3. The lowest BCUT2D eigenvalue weighted by Gasteiger charge is -2.36. The van der Waals surface area contributed by atoms with Crippen molar-refractivity contribution in [2.24, 2.45) is 11.3 Å². The number of nitrogens with zero attached hydrogens (tertiary/aromatic N) is 3. The van der Waals surface area contributed by atoms with Crippen molar-refractivity contribution < 1.29 is 59.7 Å². The molecule has 4 amide bonds. The van der Waals surface area contributed by atoms with Crippen LogP contribution >= 0.6 is 0 Å². The number of rotatable bonds is 12. The first-order valence-electron chi connectivity index (χ1n) is 17.7. The van der Waals surface area contributed by atoms with Crippen LogP contribution < -0.4 is 29.6 Å². The fourth-order valence-corrected chi connectivity index (χ4v) is 6.77. The Morgan fingerprint density at radius 2 is 1.62 bits per heavy atom. The second-order valence-corrected chi connectivity index (χ2v) is 18.3. The second-order valence-electron chi connectivity index (χ2n) is 16.0. The Morgan fingerprint density at radius 1 is 1.02 bits per heavy atom. The zero-order chi connectivity index (χ0) is 42.3. The lowest BCUT2D eigenvalue weighted by Crippen LogP contribution is -2.60. The van der Waals surface area contributed by atoms with E-state index in [1.54, 1.807) is 41.5 Å². The summed E-state index contributed by atoms with van der Waals surface area (Å²) in [5.41, 5.74) is -3.86. The molecule has 4 rings (SSSR count). The summed E-state index contributed by atoms with van der Waals surface area (Å²) < 4.78 is 91.5. The number of halogens is 3. The second kappa shape index (κ2) is 15.6. The van der Waals surface area contributed by atoms with Crippen molar-refractivity contribution in [2.75, 3.05) is 20.8 Å². The van der Waals surface area contributed by atoms with Gasteiger partial charge in [-0.05, 0) is 52.5 Å². The molecular formula is C36H49F3N6O10S. The van der Waals surface area contributed by atoms with Gasteiger partial charge in [-0.1, -0.05) is 26.8 Å². The predicted molar refractivity (Wildman–Crippen MR) is 196 cm³/mol. The van der Waals surface area contributed by atoms with Gasteiger partial charge in [-0.2, -0.15) is 18.2 Å². The monoisotopic (exact) mass is 814 g/mol. The van der Waals surface area contributed by atoms with Crippen LogP contribution in [0.25, 0.3) is 10.9 Å². The number of likely N-dealkylation sites (tertiary alicyclic amines) is 1. The predicted octanol–water partition coefficient (Wildman–Crippen LogP) is 3.87. The third kappa shape index (κ3) is 9.55. The minimum atomic E-state index is -5.00. The van der Waals surface area contributed by atoms with Gasteiger partial charge in [-0.3, -0.25) is 19.1 Å². The van der Waals surface area contributed by atoms with Gasteiger partial charge >= 0.3 is 12.3 Å². The number of alkyl halides is 3. The number of hydrogen-bond donors (Lipinski definition) is 3. The third-order valence-corrected chi connectivity index (χ3v) is 10.9. The first kappa shape index (κ1) is 43.8. The topological polar surface area (TPSA) is 204 Å². The number of ether oxygens (including phenoxy) is 4. The van der Waals surface area contributed by atoms with Gasteiger partial charge in [0.2, 0.25) is 33.5 Å². The zero-order valence-corrected chi connectivity index (χ0v) is 33.7. The molecule has 2 heterocycles. The van der Waals surface area contributed by atoms with Crippen LogP contribution in [0.1, 0.15) is 74.1 Å². The Kier molecular flexibility index (Phi) is 12.2. The van der Waals surface area contributed by atoms with E-state index in [9.17, 15) is 40.8 Å².